The largest absolute Gasteiger partial charge is 0.489 e. The Morgan fingerprint density at radius 2 is 1.96 bits per heavy atom. The van der Waals surface area contributed by atoms with Gasteiger partial charge in [0.05, 0.1) is 23.4 Å². The number of halogens is 1. The standard InChI is InChI=1S/C18H18FN3O2/c1-12(2)24-17-8-5-14(10-20)9-16(17)22-18(23)21-11-13-3-6-15(19)7-4-13/h3-9,12H,11H2,1-2H3,(H2,21,22,23). The first-order chi connectivity index (χ1) is 11.5. The zero-order chi connectivity index (χ0) is 17.5. The van der Waals surface area contributed by atoms with E-state index in [1.807, 2.05) is 19.9 Å². The number of rotatable bonds is 5. The van der Waals surface area contributed by atoms with Crippen LogP contribution in [0.3, 0.4) is 0 Å². The second kappa shape index (κ2) is 7.97. The molecule has 5 nitrogen and oxygen atoms in total. The molecule has 124 valence electrons. The van der Waals surface area contributed by atoms with Crippen molar-refractivity contribution in [3.8, 4) is 11.8 Å². The Kier molecular flexibility index (Phi) is 5.74. The molecule has 0 atom stereocenters. The van der Waals surface area contributed by atoms with Crippen LogP contribution in [0.25, 0.3) is 0 Å². The quantitative estimate of drug-likeness (QED) is 0.877. The van der Waals surface area contributed by atoms with Crippen molar-refractivity contribution in [1.29, 1.82) is 5.26 Å². The van der Waals surface area contributed by atoms with Crippen LogP contribution in [0.2, 0.25) is 0 Å². The predicted molar refractivity (Wildman–Crippen MR) is 89.2 cm³/mol. The third-order valence-electron chi connectivity index (χ3n) is 3.09. The van der Waals surface area contributed by atoms with Crippen molar-refractivity contribution in [2.24, 2.45) is 0 Å². The minimum Gasteiger partial charge on any atom is -0.489 e. The first kappa shape index (κ1) is 17.3. The highest BCUT2D eigenvalue weighted by Crippen LogP contribution is 2.26. The van der Waals surface area contributed by atoms with Gasteiger partial charge < -0.3 is 15.4 Å². The number of amides is 2. The van der Waals surface area contributed by atoms with Gasteiger partial charge >= 0.3 is 6.03 Å². The molecule has 2 rings (SSSR count). The van der Waals surface area contributed by atoms with Crippen molar-refractivity contribution >= 4 is 11.7 Å². The maximum Gasteiger partial charge on any atom is 0.319 e. The highest BCUT2D eigenvalue weighted by Gasteiger charge is 2.10. The lowest BCUT2D eigenvalue weighted by molar-refractivity contribution is 0.241. The fourth-order valence-corrected chi connectivity index (χ4v) is 2.01. The summed E-state index contributed by atoms with van der Waals surface area (Å²) in [5, 5.41) is 14.3. The normalized spacial score (nSPS) is 10.1. The van der Waals surface area contributed by atoms with E-state index in [1.165, 1.54) is 12.1 Å². The van der Waals surface area contributed by atoms with E-state index in [0.717, 1.165) is 5.56 Å². The van der Waals surface area contributed by atoms with E-state index in [2.05, 4.69) is 10.6 Å². The number of hydrogen-bond donors (Lipinski definition) is 2. The average molecular weight is 327 g/mol. The lowest BCUT2D eigenvalue weighted by Crippen LogP contribution is -2.28. The maximum atomic E-state index is 12.9. The van der Waals surface area contributed by atoms with Gasteiger partial charge in [-0.3, -0.25) is 0 Å². The molecule has 0 aliphatic heterocycles. The molecule has 2 N–H and O–H groups in total. The number of urea groups is 1. The summed E-state index contributed by atoms with van der Waals surface area (Å²) in [6.45, 7) is 4.00. The lowest BCUT2D eigenvalue weighted by atomic mass is 10.2. The molecule has 0 heterocycles. The van der Waals surface area contributed by atoms with Crippen molar-refractivity contribution in [2.75, 3.05) is 5.32 Å². The van der Waals surface area contributed by atoms with Gasteiger partial charge in [0.1, 0.15) is 11.6 Å². The smallest absolute Gasteiger partial charge is 0.319 e. The highest BCUT2D eigenvalue weighted by atomic mass is 19.1. The zero-order valence-corrected chi connectivity index (χ0v) is 13.5. The Morgan fingerprint density at radius 3 is 2.58 bits per heavy atom. The molecule has 0 spiro atoms. The summed E-state index contributed by atoms with van der Waals surface area (Å²) < 4.78 is 18.5. The number of hydrogen-bond acceptors (Lipinski definition) is 3. The fourth-order valence-electron chi connectivity index (χ4n) is 2.01. The second-order valence-corrected chi connectivity index (χ2v) is 5.42. The van der Waals surface area contributed by atoms with Gasteiger partial charge in [0.2, 0.25) is 0 Å². The molecule has 2 aromatic rings. The van der Waals surface area contributed by atoms with Crippen molar-refractivity contribution < 1.29 is 13.9 Å². The van der Waals surface area contributed by atoms with Crippen LogP contribution in [-0.2, 0) is 6.54 Å². The van der Waals surface area contributed by atoms with E-state index in [1.54, 1.807) is 30.3 Å². The molecule has 0 aliphatic carbocycles. The summed E-state index contributed by atoms with van der Waals surface area (Å²) in [6.07, 6.45) is -0.0687. The number of nitrogens with zero attached hydrogens (tertiary/aromatic N) is 1. The molecule has 0 aliphatic rings. The van der Waals surface area contributed by atoms with Gasteiger partial charge in [-0.2, -0.15) is 5.26 Å². The van der Waals surface area contributed by atoms with E-state index in [0.29, 0.717) is 17.0 Å². The summed E-state index contributed by atoms with van der Waals surface area (Å²) in [5.41, 5.74) is 1.61. The monoisotopic (exact) mass is 327 g/mol. The minimum atomic E-state index is -0.442. The number of anilines is 1. The van der Waals surface area contributed by atoms with Gasteiger partial charge in [-0.15, -0.1) is 0 Å². The SMILES string of the molecule is CC(C)Oc1ccc(C#N)cc1NC(=O)NCc1ccc(F)cc1. The minimum absolute atomic E-state index is 0.0687. The van der Waals surface area contributed by atoms with E-state index in [-0.39, 0.29) is 18.5 Å². The molecule has 0 saturated carbocycles. The Labute approximate surface area is 140 Å². The maximum absolute atomic E-state index is 12.9. The number of ether oxygens (including phenoxy) is 1. The number of carbonyl (C=O) groups is 1. The summed E-state index contributed by atoms with van der Waals surface area (Å²) in [6, 6.07) is 12.3. The fraction of sp³-hybridized carbons (Fsp3) is 0.222. The van der Waals surface area contributed by atoms with Crippen molar-refractivity contribution in [2.45, 2.75) is 26.5 Å². The summed E-state index contributed by atoms with van der Waals surface area (Å²) in [5.74, 6) is 0.160. The van der Waals surface area contributed by atoms with Crippen LogP contribution in [0, 0.1) is 17.1 Å². The van der Waals surface area contributed by atoms with E-state index in [9.17, 15) is 9.18 Å². The van der Waals surface area contributed by atoms with Crippen molar-refractivity contribution in [3.63, 3.8) is 0 Å². The number of benzene rings is 2. The Hall–Kier alpha value is -3.07. The Morgan fingerprint density at radius 1 is 1.25 bits per heavy atom. The van der Waals surface area contributed by atoms with Gasteiger partial charge in [-0.1, -0.05) is 12.1 Å². The molecule has 2 amide bonds. The van der Waals surface area contributed by atoms with Gasteiger partial charge in [0, 0.05) is 6.54 Å². The molecular formula is C18H18FN3O2. The third-order valence-corrected chi connectivity index (χ3v) is 3.09. The van der Waals surface area contributed by atoms with Crippen LogP contribution in [-0.4, -0.2) is 12.1 Å². The molecule has 0 radical (unpaired) electrons. The highest BCUT2D eigenvalue weighted by molar-refractivity contribution is 5.91. The molecule has 0 unspecified atom stereocenters. The van der Waals surface area contributed by atoms with Crippen LogP contribution in [0.15, 0.2) is 42.5 Å². The van der Waals surface area contributed by atoms with E-state index < -0.39 is 6.03 Å². The Balaban J connectivity index is 2.04. The summed E-state index contributed by atoms with van der Waals surface area (Å²) in [7, 11) is 0. The van der Waals surface area contributed by atoms with Crippen LogP contribution in [0.4, 0.5) is 14.9 Å². The summed E-state index contributed by atoms with van der Waals surface area (Å²) in [4.78, 5) is 12.1. The van der Waals surface area contributed by atoms with Crippen molar-refractivity contribution in [1.82, 2.24) is 5.32 Å². The number of carbonyl (C=O) groups excluding carboxylic acids is 1. The van der Waals surface area contributed by atoms with Crippen LogP contribution >= 0.6 is 0 Å². The van der Waals surface area contributed by atoms with Gasteiger partial charge in [0.25, 0.3) is 0 Å². The summed E-state index contributed by atoms with van der Waals surface area (Å²) >= 11 is 0. The lowest BCUT2D eigenvalue weighted by Gasteiger charge is -2.15. The molecule has 2 aromatic carbocycles. The molecule has 0 bridgehead atoms. The molecule has 0 aromatic heterocycles. The second-order valence-electron chi connectivity index (χ2n) is 5.42. The van der Waals surface area contributed by atoms with E-state index >= 15 is 0 Å². The first-order valence-electron chi connectivity index (χ1n) is 7.48. The predicted octanol–water partition coefficient (Wildman–Crippen LogP) is 3.81. The number of nitriles is 1. The first-order valence-corrected chi connectivity index (χ1v) is 7.48. The number of nitrogens with one attached hydrogen (secondary N) is 2. The molecule has 0 saturated heterocycles. The molecule has 0 fully saturated rings. The van der Waals surface area contributed by atoms with Gasteiger partial charge in [-0.25, -0.2) is 9.18 Å². The topological polar surface area (TPSA) is 74.1 Å². The zero-order valence-electron chi connectivity index (χ0n) is 13.5. The average Bonchev–Trinajstić information content (AvgIpc) is 2.55. The molecule has 24 heavy (non-hydrogen) atoms. The molecule has 6 heteroatoms. The van der Waals surface area contributed by atoms with Crippen LogP contribution in [0.1, 0.15) is 25.0 Å². The van der Waals surface area contributed by atoms with E-state index in [4.69, 9.17) is 10.00 Å². The third kappa shape index (κ3) is 4.99. The Bertz CT molecular complexity index is 752. The van der Waals surface area contributed by atoms with Crippen molar-refractivity contribution in [3.05, 3.63) is 59.4 Å². The van der Waals surface area contributed by atoms with Crippen LogP contribution in [0.5, 0.6) is 5.75 Å². The molecular weight excluding hydrogens is 309 g/mol. The van der Waals surface area contributed by atoms with Gasteiger partial charge in [-0.05, 0) is 49.7 Å². The van der Waals surface area contributed by atoms with Gasteiger partial charge in [0.15, 0.2) is 0 Å². The van der Waals surface area contributed by atoms with Crippen LogP contribution < -0.4 is 15.4 Å².